The fourth-order valence-corrected chi connectivity index (χ4v) is 6.42. The number of fused-ring (bicyclic) bond motifs is 7. The van der Waals surface area contributed by atoms with Crippen molar-refractivity contribution in [1.29, 1.82) is 0 Å². The minimum atomic E-state index is 0.385. The topological polar surface area (TPSA) is 48.8 Å². The predicted octanol–water partition coefficient (Wildman–Crippen LogP) is 4.34. The van der Waals surface area contributed by atoms with Gasteiger partial charge in [0, 0.05) is 46.7 Å². The molecule has 4 heteroatoms. The van der Waals surface area contributed by atoms with Crippen LogP contribution in [0.2, 0.25) is 0 Å². The molecule has 0 aliphatic carbocycles. The summed E-state index contributed by atoms with van der Waals surface area (Å²) < 4.78 is 0. The molecule has 158 valence electrons. The minimum Gasteiger partial charge on any atom is -0.362 e. The molecule has 0 amide bonds. The number of aliphatic imine (C=N–C) groups is 2. The first-order valence-corrected chi connectivity index (χ1v) is 11.9. The summed E-state index contributed by atoms with van der Waals surface area (Å²) in [4.78, 5) is 10.5. The van der Waals surface area contributed by atoms with E-state index < -0.39 is 0 Å². The molecule has 5 aliphatic heterocycles. The largest absolute Gasteiger partial charge is 0.362 e. The second-order valence-corrected chi connectivity index (χ2v) is 10.8. The Bertz CT molecular complexity index is 806. The molecule has 2 saturated heterocycles. The number of allylic oxidation sites excluding steroid dienone is 4. The molecule has 8 bridgehead atoms. The zero-order valence-corrected chi connectivity index (χ0v) is 18.9. The summed E-state index contributed by atoms with van der Waals surface area (Å²) in [5, 5.41) is 7.78. The third-order valence-corrected chi connectivity index (χ3v) is 8.92. The third-order valence-electron chi connectivity index (χ3n) is 8.92. The predicted molar refractivity (Wildman–Crippen MR) is 121 cm³/mol. The molecule has 0 aromatic rings. The minimum absolute atomic E-state index is 0.385. The van der Waals surface area contributed by atoms with Crippen LogP contribution in [-0.4, -0.2) is 35.6 Å². The highest BCUT2D eigenvalue weighted by Gasteiger charge is 2.47. The fraction of sp³-hybridized carbons (Fsp3) is 0.760. The van der Waals surface area contributed by atoms with Gasteiger partial charge in [-0.15, -0.1) is 0 Å². The van der Waals surface area contributed by atoms with Gasteiger partial charge in [0.05, 0.1) is 12.1 Å². The molecule has 4 nitrogen and oxygen atoms in total. The van der Waals surface area contributed by atoms with E-state index in [0.717, 1.165) is 19.3 Å². The quantitative estimate of drug-likeness (QED) is 0.642. The number of rotatable bonds is 0. The maximum Gasteiger partial charge on any atom is 0.0690 e. The highest BCUT2D eigenvalue weighted by molar-refractivity contribution is 5.99. The first-order chi connectivity index (χ1) is 13.8. The van der Waals surface area contributed by atoms with Crippen LogP contribution in [0, 0.1) is 35.5 Å². The highest BCUT2D eigenvalue weighted by Crippen LogP contribution is 2.41. The fourth-order valence-electron chi connectivity index (χ4n) is 6.42. The van der Waals surface area contributed by atoms with Crippen molar-refractivity contribution in [3.8, 4) is 0 Å². The Morgan fingerprint density at radius 2 is 1.69 bits per heavy atom. The first-order valence-electron chi connectivity index (χ1n) is 11.9. The van der Waals surface area contributed by atoms with E-state index in [9.17, 15) is 0 Å². The van der Waals surface area contributed by atoms with Crippen LogP contribution < -0.4 is 10.6 Å². The maximum atomic E-state index is 5.33. The molecule has 2 N–H and O–H groups in total. The van der Waals surface area contributed by atoms with Gasteiger partial charge in [0.25, 0.3) is 0 Å². The Balaban J connectivity index is 1.56. The van der Waals surface area contributed by atoms with E-state index in [-0.39, 0.29) is 0 Å². The molecule has 0 saturated carbocycles. The molecule has 2 fully saturated rings. The molecule has 10 atom stereocenters. The van der Waals surface area contributed by atoms with E-state index in [2.05, 4.69) is 64.3 Å². The van der Waals surface area contributed by atoms with E-state index in [1.165, 1.54) is 22.8 Å². The zero-order chi connectivity index (χ0) is 20.4. The van der Waals surface area contributed by atoms with Gasteiger partial charge in [-0.3, -0.25) is 9.98 Å². The third kappa shape index (κ3) is 3.22. The molecule has 5 aliphatic rings. The van der Waals surface area contributed by atoms with Crippen LogP contribution in [0.1, 0.15) is 60.8 Å². The van der Waals surface area contributed by atoms with Gasteiger partial charge in [-0.05, 0) is 55.1 Å². The van der Waals surface area contributed by atoms with Gasteiger partial charge in [0.2, 0.25) is 0 Å². The van der Waals surface area contributed by atoms with Crippen molar-refractivity contribution in [1.82, 2.24) is 10.6 Å². The molecular weight excluding hydrogens is 356 g/mol. The van der Waals surface area contributed by atoms with Crippen molar-refractivity contribution in [3.05, 3.63) is 23.5 Å². The summed E-state index contributed by atoms with van der Waals surface area (Å²) in [6, 6.07) is 1.87. The van der Waals surface area contributed by atoms with E-state index in [1.807, 2.05) is 0 Å². The van der Waals surface area contributed by atoms with Gasteiger partial charge in [0.1, 0.15) is 0 Å². The van der Waals surface area contributed by atoms with Crippen LogP contribution in [0.25, 0.3) is 0 Å². The van der Waals surface area contributed by atoms with Crippen molar-refractivity contribution in [3.63, 3.8) is 0 Å². The molecule has 5 heterocycles. The first kappa shape index (κ1) is 19.5. The van der Waals surface area contributed by atoms with Gasteiger partial charge in [-0.1, -0.05) is 41.5 Å². The molecule has 0 spiro atoms. The number of hydrogen-bond acceptors (Lipinski definition) is 4. The smallest absolute Gasteiger partial charge is 0.0690 e. The Morgan fingerprint density at radius 3 is 2.48 bits per heavy atom. The van der Waals surface area contributed by atoms with E-state index in [1.54, 1.807) is 0 Å². The lowest BCUT2D eigenvalue weighted by atomic mass is 9.80. The molecule has 5 rings (SSSR count). The van der Waals surface area contributed by atoms with Gasteiger partial charge >= 0.3 is 0 Å². The van der Waals surface area contributed by atoms with Gasteiger partial charge < -0.3 is 10.6 Å². The average Bonchev–Trinajstić information content (AvgIpc) is 3.35. The molecule has 0 aromatic carbocycles. The average molecular weight is 395 g/mol. The van der Waals surface area contributed by atoms with Crippen molar-refractivity contribution >= 4 is 11.4 Å². The van der Waals surface area contributed by atoms with Crippen LogP contribution >= 0.6 is 0 Å². The summed E-state index contributed by atoms with van der Waals surface area (Å²) in [6.45, 7) is 14.4. The molecule has 10 unspecified atom stereocenters. The Hall–Kier alpha value is -1.42. The standard InChI is InChI=1S/C25H38N4/c1-12-7-18-9-19-8-13(2)21(27-19)11-23-15(4)17(6)25(29-23)24-16(5)14(3)22(28-24)10-20(12)26-18/h9-10,12-17,21,23-26,29H,7-8,11H2,1-6H3/b18-9-,20-10-. The van der Waals surface area contributed by atoms with Crippen molar-refractivity contribution < 1.29 is 0 Å². The van der Waals surface area contributed by atoms with Crippen molar-refractivity contribution in [2.45, 2.75) is 85.0 Å². The number of nitrogens with one attached hydrogen (secondary N) is 2. The maximum absolute atomic E-state index is 5.33. The molecule has 0 radical (unpaired) electrons. The Labute approximate surface area is 176 Å². The van der Waals surface area contributed by atoms with Crippen molar-refractivity contribution in [2.75, 3.05) is 0 Å². The second kappa shape index (κ2) is 7.08. The lowest BCUT2D eigenvalue weighted by molar-refractivity contribution is 0.300. The Kier molecular flexibility index (Phi) is 4.77. The lowest BCUT2D eigenvalue weighted by Crippen LogP contribution is -2.43. The molecular formula is C25H38N4. The van der Waals surface area contributed by atoms with E-state index in [4.69, 9.17) is 9.98 Å². The summed E-state index contributed by atoms with van der Waals surface area (Å²) in [5.74, 6) is 3.60. The van der Waals surface area contributed by atoms with Crippen LogP contribution in [0.4, 0.5) is 0 Å². The Morgan fingerprint density at radius 1 is 0.897 bits per heavy atom. The lowest BCUT2D eigenvalue weighted by Gasteiger charge is -2.27. The highest BCUT2D eigenvalue weighted by atomic mass is 15.1. The second-order valence-electron chi connectivity index (χ2n) is 10.8. The molecule has 29 heavy (non-hydrogen) atoms. The summed E-state index contributed by atoms with van der Waals surface area (Å²) in [5.41, 5.74) is 5.27. The SMILES string of the molecule is CC1C/C2=C/C3=NC(CC4NC(C(C)C4C)C4N=C(/C=C/1N2)C(C)C4C)C(C)C3. The number of nitrogens with zero attached hydrogens (tertiary/aromatic N) is 2. The summed E-state index contributed by atoms with van der Waals surface area (Å²) in [7, 11) is 0. The van der Waals surface area contributed by atoms with E-state index >= 15 is 0 Å². The van der Waals surface area contributed by atoms with Gasteiger partial charge in [0.15, 0.2) is 0 Å². The zero-order valence-electron chi connectivity index (χ0n) is 18.9. The van der Waals surface area contributed by atoms with Gasteiger partial charge in [-0.2, -0.15) is 0 Å². The van der Waals surface area contributed by atoms with Crippen LogP contribution in [-0.2, 0) is 0 Å². The monoisotopic (exact) mass is 394 g/mol. The van der Waals surface area contributed by atoms with Crippen LogP contribution in [0.3, 0.4) is 0 Å². The van der Waals surface area contributed by atoms with E-state index in [0.29, 0.717) is 59.7 Å². The number of hydrogen-bond donors (Lipinski definition) is 2. The van der Waals surface area contributed by atoms with Crippen LogP contribution in [0.15, 0.2) is 33.5 Å². The summed E-state index contributed by atoms with van der Waals surface area (Å²) in [6.07, 6.45) is 8.08. The van der Waals surface area contributed by atoms with Gasteiger partial charge in [-0.25, -0.2) is 0 Å². The summed E-state index contributed by atoms with van der Waals surface area (Å²) >= 11 is 0. The van der Waals surface area contributed by atoms with Crippen LogP contribution in [0.5, 0.6) is 0 Å². The van der Waals surface area contributed by atoms with Crippen molar-refractivity contribution in [2.24, 2.45) is 45.5 Å². The normalized spacial score (nSPS) is 52.5. The molecule has 0 aromatic heterocycles.